The van der Waals surface area contributed by atoms with Crippen LogP contribution in [0, 0.1) is 13.8 Å². The van der Waals surface area contributed by atoms with Gasteiger partial charge in [0.1, 0.15) is 12.2 Å². The van der Waals surface area contributed by atoms with Gasteiger partial charge in [-0.15, -0.1) is 10.2 Å². The first-order valence-corrected chi connectivity index (χ1v) is 13.1. The van der Waals surface area contributed by atoms with Gasteiger partial charge < -0.3 is 15.6 Å². The lowest BCUT2D eigenvalue weighted by molar-refractivity contribution is 0.0925. The number of primary amides is 1. The molecule has 39 heavy (non-hydrogen) atoms. The zero-order chi connectivity index (χ0) is 27.5. The average Bonchev–Trinajstić information content (AvgIpc) is 3.50. The molecule has 3 heterocycles. The summed E-state index contributed by atoms with van der Waals surface area (Å²) in [6.45, 7) is 4.39. The minimum Gasteiger partial charge on any atom is -0.366 e. The van der Waals surface area contributed by atoms with Crippen LogP contribution in [0.15, 0.2) is 79.1 Å². The van der Waals surface area contributed by atoms with E-state index in [0.717, 1.165) is 33.7 Å². The lowest BCUT2D eigenvalue weighted by atomic mass is 10.0. The summed E-state index contributed by atoms with van der Waals surface area (Å²) in [6.07, 6.45) is 2.96. The van der Waals surface area contributed by atoms with Crippen LogP contribution >= 0.6 is 11.6 Å². The van der Waals surface area contributed by atoms with E-state index in [0.29, 0.717) is 35.5 Å². The second-order valence-corrected chi connectivity index (χ2v) is 10.0. The van der Waals surface area contributed by atoms with Crippen molar-refractivity contribution in [3.63, 3.8) is 0 Å². The number of nitrogens with zero attached hydrogens (tertiary/aromatic N) is 4. The van der Waals surface area contributed by atoms with Crippen LogP contribution in [0.4, 0.5) is 0 Å². The Balaban J connectivity index is 0.000000455. The molecule has 0 saturated heterocycles. The summed E-state index contributed by atoms with van der Waals surface area (Å²) in [5, 5.41) is 12.2. The van der Waals surface area contributed by atoms with Crippen molar-refractivity contribution in [3.8, 4) is 5.69 Å². The first-order chi connectivity index (χ1) is 18.8. The van der Waals surface area contributed by atoms with Gasteiger partial charge in [0.25, 0.3) is 11.8 Å². The lowest BCUT2D eigenvalue weighted by Crippen LogP contribution is -2.41. The molecule has 198 valence electrons. The second-order valence-electron chi connectivity index (χ2n) is 9.59. The van der Waals surface area contributed by atoms with Gasteiger partial charge in [-0.1, -0.05) is 59.6 Å². The zero-order valence-corrected chi connectivity index (χ0v) is 22.5. The fraction of sp³-hybridized carbons (Fsp3) is 0.200. The molecule has 6 rings (SSSR count). The van der Waals surface area contributed by atoms with Gasteiger partial charge in [0.2, 0.25) is 0 Å². The molecule has 2 amide bonds. The summed E-state index contributed by atoms with van der Waals surface area (Å²) in [5.41, 5.74) is 10.4. The fourth-order valence-corrected chi connectivity index (χ4v) is 5.30. The Morgan fingerprint density at radius 3 is 2.36 bits per heavy atom. The fourth-order valence-electron chi connectivity index (χ4n) is 5.04. The van der Waals surface area contributed by atoms with Gasteiger partial charge in [-0.05, 0) is 57.0 Å². The number of hydrogen-bond donors (Lipinski definition) is 2. The third-order valence-electron chi connectivity index (χ3n) is 6.90. The van der Waals surface area contributed by atoms with E-state index in [1.807, 2.05) is 74.5 Å². The van der Waals surface area contributed by atoms with Crippen LogP contribution in [0.5, 0.6) is 0 Å². The molecule has 1 aliphatic heterocycles. The van der Waals surface area contributed by atoms with E-state index in [2.05, 4.69) is 20.1 Å². The van der Waals surface area contributed by atoms with Gasteiger partial charge in [-0.2, -0.15) is 0 Å². The summed E-state index contributed by atoms with van der Waals surface area (Å²) in [6, 6.07) is 23.2. The van der Waals surface area contributed by atoms with E-state index >= 15 is 0 Å². The Labute approximate surface area is 231 Å². The van der Waals surface area contributed by atoms with Crippen molar-refractivity contribution >= 4 is 34.3 Å². The number of amides is 2. The van der Waals surface area contributed by atoms with Gasteiger partial charge in [-0.25, -0.2) is 0 Å². The van der Waals surface area contributed by atoms with Gasteiger partial charge in [0.05, 0.1) is 16.1 Å². The Bertz CT molecular complexity index is 1630. The molecule has 5 aromatic rings. The maximum Gasteiger partial charge on any atom is 0.253 e. The molecular weight excluding hydrogens is 512 g/mol. The van der Waals surface area contributed by atoms with Crippen LogP contribution in [0.3, 0.4) is 0 Å². The summed E-state index contributed by atoms with van der Waals surface area (Å²) in [4.78, 5) is 25.2. The molecule has 3 aromatic carbocycles. The number of rotatable bonds is 4. The topological polar surface area (TPSA) is 108 Å². The third kappa shape index (κ3) is 5.42. The molecule has 2 aromatic heterocycles. The number of nitrogens with one attached hydrogen (secondary N) is 1. The normalized spacial score (nSPS) is 14.3. The minimum absolute atomic E-state index is 0.0986. The highest BCUT2D eigenvalue weighted by molar-refractivity contribution is 6.34. The zero-order valence-electron chi connectivity index (χ0n) is 21.8. The monoisotopic (exact) mass is 540 g/mol. The largest absolute Gasteiger partial charge is 0.366 e. The first-order valence-electron chi connectivity index (χ1n) is 12.7. The maximum absolute atomic E-state index is 13.0. The van der Waals surface area contributed by atoms with Crippen molar-refractivity contribution in [1.82, 2.24) is 24.6 Å². The van der Waals surface area contributed by atoms with Crippen molar-refractivity contribution in [2.45, 2.75) is 39.3 Å². The van der Waals surface area contributed by atoms with Crippen LogP contribution in [0.2, 0.25) is 5.02 Å². The Hall–Kier alpha value is -4.43. The highest BCUT2D eigenvalue weighted by Crippen LogP contribution is 2.31. The number of carbonyl (C=O) groups excluding carboxylic acids is 2. The van der Waals surface area contributed by atoms with Crippen LogP contribution in [0.25, 0.3) is 16.6 Å². The van der Waals surface area contributed by atoms with E-state index < -0.39 is 5.91 Å². The smallest absolute Gasteiger partial charge is 0.253 e. The van der Waals surface area contributed by atoms with Crippen molar-refractivity contribution < 1.29 is 9.59 Å². The average molecular weight is 541 g/mol. The number of benzene rings is 3. The number of hydrogen-bond acceptors (Lipinski definition) is 4. The second kappa shape index (κ2) is 11.1. The van der Waals surface area contributed by atoms with E-state index in [-0.39, 0.29) is 11.9 Å². The molecule has 0 bridgehead atoms. The van der Waals surface area contributed by atoms with Crippen molar-refractivity contribution in [2.75, 3.05) is 0 Å². The lowest BCUT2D eigenvalue weighted by Gasteiger charge is -2.27. The molecule has 0 saturated carbocycles. The van der Waals surface area contributed by atoms with E-state index in [1.165, 1.54) is 0 Å². The number of aromatic nitrogens is 4. The molecule has 9 heteroatoms. The molecule has 0 fully saturated rings. The maximum atomic E-state index is 13.0. The number of halogens is 1. The van der Waals surface area contributed by atoms with Gasteiger partial charge >= 0.3 is 0 Å². The highest BCUT2D eigenvalue weighted by Gasteiger charge is 2.28. The Morgan fingerprint density at radius 2 is 1.74 bits per heavy atom. The molecule has 3 N–H and O–H groups in total. The number of fused-ring (bicyclic) bond motifs is 3. The van der Waals surface area contributed by atoms with E-state index in [9.17, 15) is 9.59 Å². The Kier molecular flexibility index (Phi) is 7.47. The molecular formula is C30H29ClN6O2. The quantitative estimate of drug-likeness (QED) is 0.333. The molecule has 1 atom stereocenters. The predicted octanol–water partition coefficient (Wildman–Crippen LogP) is 5.02. The summed E-state index contributed by atoms with van der Waals surface area (Å²) in [7, 11) is 0. The van der Waals surface area contributed by atoms with E-state index in [4.69, 9.17) is 17.3 Å². The molecule has 0 spiro atoms. The number of nitrogens with two attached hydrogens (primary N) is 1. The van der Waals surface area contributed by atoms with Gasteiger partial charge in [0.15, 0.2) is 0 Å². The molecule has 0 radical (unpaired) electrons. The highest BCUT2D eigenvalue weighted by atomic mass is 35.5. The first kappa shape index (κ1) is 26.2. The van der Waals surface area contributed by atoms with Crippen LogP contribution in [0.1, 0.15) is 44.2 Å². The summed E-state index contributed by atoms with van der Waals surface area (Å²) >= 11 is 6.45. The Morgan fingerprint density at radius 1 is 1.03 bits per heavy atom. The molecule has 0 aliphatic carbocycles. The SMILES string of the molecule is Cc1ccc2c(c1)c(C(N)=O)c1n2CC(NC(=O)c2ccc(-n3cnnc3C)cc2Cl)CC1.c1ccccc1. The number of aryl methyl sites for hydroxylation is 2. The van der Waals surface area contributed by atoms with Crippen molar-refractivity contribution in [1.29, 1.82) is 0 Å². The van der Waals surface area contributed by atoms with Crippen molar-refractivity contribution in [3.05, 3.63) is 112 Å². The summed E-state index contributed by atoms with van der Waals surface area (Å²) in [5.74, 6) is 0.0747. The van der Waals surface area contributed by atoms with Crippen molar-refractivity contribution in [2.24, 2.45) is 5.73 Å². The third-order valence-corrected chi connectivity index (χ3v) is 7.21. The standard InChI is InChI=1S/C24H23ClN6O2.C6H6/c1-13-3-7-20-18(9-13)22(23(26)32)21-8-4-15(11-30(20)21)28-24(33)17-6-5-16(10-19(17)25)31-12-27-29-14(31)2;1-2-4-6-5-3-1/h3,5-7,9-10,12,15H,4,8,11H2,1-2H3,(H2,26,32)(H,28,33);1-6H. The van der Waals surface area contributed by atoms with Gasteiger partial charge in [0, 0.05) is 34.9 Å². The molecule has 1 unspecified atom stereocenters. The van der Waals surface area contributed by atoms with Crippen LogP contribution < -0.4 is 11.1 Å². The minimum atomic E-state index is -0.419. The molecule has 8 nitrogen and oxygen atoms in total. The van der Waals surface area contributed by atoms with Gasteiger partial charge in [-0.3, -0.25) is 14.2 Å². The molecule has 1 aliphatic rings. The number of carbonyl (C=O) groups is 2. The van der Waals surface area contributed by atoms with Crippen LogP contribution in [-0.2, 0) is 13.0 Å². The summed E-state index contributed by atoms with van der Waals surface area (Å²) < 4.78 is 3.90. The predicted molar refractivity (Wildman–Crippen MR) is 152 cm³/mol. The van der Waals surface area contributed by atoms with Crippen LogP contribution in [-0.4, -0.2) is 37.2 Å². The van der Waals surface area contributed by atoms with E-state index in [1.54, 1.807) is 23.0 Å².